The maximum atomic E-state index is 12.9. The van der Waals surface area contributed by atoms with Crippen molar-refractivity contribution in [1.82, 2.24) is 5.32 Å². The molecule has 2 N–H and O–H groups in total. The molecule has 62 heavy (non-hydrogen) atoms. The average Bonchev–Trinajstić information content (AvgIpc) is 3.23. The lowest BCUT2D eigenvalue weighted by atomic mass is 10.0. The number of amides is 1. The maximum absolute atomic E-state index is 12.9. The molecule has 0 radical (unpaired) electrons. The van der Waals surface area contributed by atoms with Crippen molar-refractivity contribution in [3.63, 3.8) is 0 Å². The van der Waals surface area contributed by atoms with Crippen LogP contribution in [0.3, 0.4) is 0 Å². The summed E-state index contributed by atoms with van der Waals surface area (Å²) < 4.78 is 23.3. The molecule has 0 aliphatic heterocycles. The van der Waals surface area contributed by atoms with Crippen molar-refractivity contribution in [3.05, 3.63) is 48.6 Å². The van der Waals surface area contributed by atoms with Crippen LogP contribution in [0.4, 0.5) is 0 Å². The summed E-state index contributed by atoms with van der Waals surface area (Å²) in [6.45, 7) is 4.61. The van der Waals surface area contributed by atoms with Crippen LogP contribution in [-0.4, -0.2) is 68.5 Å². The fourth-order valence-electron chi connectivity index (χ4n) is 7.38. The molecule has 0 spiro atoms. The number of nitrogens with one attached hydrogen (secondary N) is 1. The number of likely N-dealkylation sites (N-methyl/N-ethyl adjacent to an activating group) is 1. The molecule has 0 aliphatic rings. The molecule has 0 saturated heterocycles. The molecule has 3 atom stereocenters. The number of quaternary nitrogens is 1. The third kappa shape index (κ3) is 46.5. The van der Waals surface area contributed by atoms with Gasteiger partial charge in [-0.25, -0.2) is 0 Å². The number of rotatable bonds is 47. The van der Waals surface area contributed by atoms with Crippen LogP contribution in [0.5, 0.6) is 0 Å². The van der Waals surface area contributed by atoms with Gasteiger partial charge in [-0.3, -0.25) is 9.36 Å². The first kappa shape index (κ1) is 60.5. The lowest BCUT2D eigenvalue weighted by Crippen LogP contribution is -2.45. The predicted molar refractivity (Wildman–Crippen MR) is 265 cm³/mol. The van der Waals surface area contributed by atoms with Crippen molar-refractivity contribution in [3.8, 4) is 0 Å². The van der Waals surface area contributed by atoms with Crippen molar-refractivity contribution in [2.45, 2.75) is 244 Å². The first-order chi connectivity index (χ1) is 30.0. The molecule has 0 rings (SSSR count). The summed E-state index contributed by atoms with van der Waals surface area (Å²) in [4.78, 5) is 25.4. The Morgan fingerprint density at radius 3 is 1.42 bits per heavy atom. The summed E-state index contributed by atoms with van der Waals surface area (Å²) >= 11 is 0. The molecule has 0 aliphatic carbocycles. The van der Waals surface area contributed by atoms with E-state index in [0.717, 1.165) is 64.2 Å². The van der Waals surface area contributed by atoms with Crippen LogP contribution in [-0.2, 0) is 18.4 Å². The highest BCUT2D eigenvalue weighted by Gasteiger charge is 2.23. The quantitative estimate of drug-likeness (QED) is 0.0273. The summed E-state index contributed by atoms with van der Waals surface area (Å²) in [6.07, 6.45) is 57.5. The number of hydrogen-bond acceptors (Lipinski definition) is 6. The fourth-order valence-corrected chi connectivity index (χ4v) is 8.10. The normalized spacial score (nSPS) is 14.5. The molecule has 364 valence electrons. The number of nitrogens with zero attached hydrogens (tertiary/aromatic N) is 1. The number of carbonyl (C=O) groups excluding carboxylic acids is 1. The van der Waals surface area contributed by atoms with Crippen molar-refractivity contribution in [1.29, 1.82) is 0 Å². The van der Waals surface area contributed by atoms with Crippen LogP contribution < -0.4 is 10.2 Å². The first-order valence-electron chi connectivity index (χ1n) is 26.0. The summed E-state index contributed by atoms with van der Waals surface area (Å²) in [5.74, 6) is -0.221. The van der Waals surface area contributed by atoms with Gasteiger partial charge in [0.25, 0.3) is 7.82 Å². The molecule has 0 heterocycles. The zero-order chi connectivity index (χ0) is 45.7. The van der Waals surface area contributed by atoms with Gasteiger partial charge in [-0.2, -0.15) is 0 Å². The lowest BCUT2D eigenvalue weighted by Gasteiger charge is -2.29. The van der Waals surface area contributed by atoms with Crippen molar-refractivity contribution in [2.75, 3.05) is 40.9 Å². The van der Waals surface area contributed by atoms with Crippen LogP contribution in [0, 0.1) is 0 Å². The minimum Gasteiger partial charge on any atom is -0.756 e. The maximum Gasteiger partial charge on any atom is 0.268 e. The molecular formula is C53H101N2O6P. The molecule has 8 nitrogen and oxygen atoms in total. The van der Waals surface area contributed by atoms with Gasteiger partial charge in [-0.1, -0.05) is 210 Å². The molecule has 0 fully saturated rings. The zero-order valence-corrected chi connectivity index (χ0v) is 42.2. The molecule has 0 aromatic rings. The zero-order valence-electron chi connectivity index (χ0n) is 41.3. The number of carbonyl (C=O) groups is 1. The van der Waals surface area contributed by atoms with Gasteiger partial charge in [-0.05, 0) is 64.2 Å². The topological polar surface area (TPSA) is 108 Å². The number of allylic oxidation sites excluding steroid dienone is 7. The van der Waals surface area contributed by atoms with Crippen molar-refractivity contribution < 1.29 is 32.9 Å². The minimum absolute atomic E-state index is 0.0102. The van der Waals surface area contributed by atoms with Crippen LogP contribution in [0.15, 0.2) is 48.6 Å². The summed E-state index contributed by atoms with van der Waals surface area (Å²) in [6, 6.07) is -0.911. The smallest absolute Gasteiger partial charge is 0.268 e. The molecule has 0 aromatic carbocycles. The Morgan fingerprint density at radius 1 is 0.565 bits per heavy atom. The predicted octanol–water partition coefficient (Wildman–Crippen LogP) is 14.6. The highest BCUT2D eigenvalue weighted by molar-refractivity contribution is 7.45. The molecule has 0 saturated carbocycles. The first-order valence-corrected chi connectivity index (χ1v) is 27.5. The Balaban J connectivity index is 4.34. The van der Waals surface area contributed by atoms with E-state index >= 15 is 0 Å². The minimum atomic E-state index is -4.61. The summed E-state index contributed by atoms with van der Waals surface area (Å²) in [5.41, 5.74) is 0. The highest BCUT2D eigenvalue weighted by atomic mass is 31.2. The number of hydrogen-bond donors (Lipinski definition) is 2. The third-order valence-electron chi connectivity index (χ3n) is 11.5. The molecule has 3 unspecified atom stereocenters. The number of aliphatic hydroxyl groups excluding tert-OH is 1. The number of unbranched alkanes of at least 4 members (excludes halogenated alkanes) is 28. The molecule has 0 aromatic heterocycles. The highest BCUT2D eigenvalue weighted by Crippen LogP contribution is 2.38. The van der Waals surface area contributed by atoms with Crippen molar-refractivity contribution >= 4 is 13.7 Å². The van der Waals surface area contributed by atoms with Crippen LogP contribution in [0.25, 0.3) is 0 Å². The van der Waals surface area contributed by atoms with Crippen LogP contribution in [0.2, 0.25) is 0 Å². The SMILES string of the molecule is CCCCCC/C=C\C/C=C\CCCCCCCC(=O)NC(COP(=O)([O-])OCC[N+](C)(C)C)C(O)/C=C/CC/C=C/CCCCCCCCCCCCCCCCCCCC. The van der Waals surface area contributed by atoms with Gasteiger partial charge in [-0.15, -0.1) is 0 Å². The van der Waals surface area contributed by atoms with Gasteiger partial charge in [0.1, 0.15) is 13.2 Å². The van der Waals surface area contributed by atoms with E-state index in [2.05, 4.69) is 55.6 Å². The molecule has 9 heteroatoms. The Labute approximate surface area is 384 Å². The van der Waals surface area contributed by atoms with E-state index in [9.17, 15) is 19.4 Å². The second kappa shape index (κ2) is 44.7. The van der Waals surface area contributed by atoms with Crippen LogP contribution >= 0.6 is 7.82 Å². The Morgan fingerprint density at radius 2 is 0.952 bits per heavy atom. The Bertz CT molecular complexity index is 1150. The lowest BCUT2D eigenvalue weighted by molar-refractivity contribution is -0.870. The monoisotopic (exact) mass is 893 g/mol. The van der Waals surface area contributed by atoms with Crippen LogP contribution in [0.1, 0.15) is 232 Å². The standard InChI is InChI=1S/C53H101N2O6P/c1-6-8-10-12-14-16-18-20-22-24-25-26-27-28-29-30-31-32-34-36-38-40-42-44-46-52(56)51(50-61-62(58,59)60-49-48-55(3,4)5)54-53(57)47-45-43-41-39-37-35-33-23-21-19-17-15-13-11-9-7-2/h17,19,23,33,36,38,44,46,51-52,56H,6-16,18,20-22,24-32,34-35,37,39-43,45,47-50H2,1-5H3,(H-,54,57,58,59)/b19-17-,33-23-,38-36+,46-44+. The fraction of sp³-hybridized carbons (Fsp3) is 0.830. The van der Waals surface area contributed by atoms with E-state index in [-0.39, 0.29) is 12.5 Å². The largest absolute Gasteiger partial charge is 0.756 e. The van der Waals surface area contributed by atoms with E-state index in [1.807, 2.05) is 27.2 Å². The Kier molecular flexibility index (Phi) is 43.5. The second-order valence-corrected chi connectivity index (χ2v) is 20.3. The summed E-state index contributed by atoms with van der Waals surface area (Å²) in [7, 11) is 1.23. The van der Waals surface area contributed by atoms with Gasteiger partial charge in [0.05, 0.1) is 39.9 Å². The van der Waals surface area contributed by atoms with Gasteiger partial charge >= 0.3 is 0 Å². The van der Waals surface area contributed by atoms with E-state index < -0.39 is 26.6 Å². The number of phosphoric ester groups is 1. The average molecular weight is 893 g/mol. The molecule has 1 amide bonds. The molecular weight excluding hydrogens is 792 g/mol. The van der Waals surface area contributed by atoms with Gasteiger partial charge in [0, 0.05) is 6.42 Å². The Hall–Kier alpha value is -1.54. The van der Waals surface area contributed by atoms with E-state index in [0.29, 0.717) is 17.4 Å². The van der Waals surface area contributed by atoms with Gasteiger partial charge in [0.15, 0.2) is 0 Å². The van der Waals surface area contributed by atoms with Gasteiger partial charge in [0.2, 0.25) is 5.91 Å². The summed E-state index contributed by atoms with van der Waals surface area (Å²) in [5, 5.41) is 13.8. The molecule has 0 bridgehead atoms. The number of aliphatic hydroxyl groups is 1. The third-order valence-corrected chi connectivity index (χ3v) is 12.5. The van der Waals surface area contributed by atoms with E-state index in [1.54, 1.807) is 6.08 Å². The van der Waals surface area contributed by atoms with E-state index in [1.165, 1.54) is 148 Å². The van der Waals surface area contributed by atoms with E-state index in [4.69, 9.17) is 9.05 Å². The van der Waals surface area contributed by atoms with Gasteiger partial charge < -0.3 is 28.8 Å². The number of phosphoric acid groups is 1. The second-order valence-electron chi connectivity index (χ2n) is 18.9. The van der Waals surface area contributed by atoms with Crippen molar-refractivity contribution in [2.24, 2.45) is 0 Å².